The van der Waals surface area contributed by atoms with Gasteiger partial charge in [0.2, 0.25) is 5.91 Å². The van der Waals surface area contributed by atoms with Gasteiger partial charge in [-0.15, -0.1) is 0 Å². The monoisotopic (exact) mass is 257 g/mol. The zero-order valence-electron chi connectivity index (χ0n) is 9.79. The summed E-state index contributed by atoms with van der Waals surface area (Å²) in [5.41, 5.74) is 0. The molecule has 0 aliphatic heterocycles. The number of aliphatic hydroxyl groups excluding tert-OH is 1. The summed E-state index contributed by atoms with van der Waals surface area (Å²) in [6.07, 6.45) is -3.97. The topological polar surface area (TPSA) is 49.8 Å². The molecule has 0 atom stereocenters. The Morgan fingerprint density at radius 3 is 2.53 bits per heavy atom. The third-order valence-corrected chi connectivity index (χ3v) is 2.05. The second-order valence-corrected chi connectivity index (χ2v) is 3.47. The van der Waals surface area contributed by atoms with E-state index in [1.54, 1.807) is 6.92 Å². The van der Waals surface area contributed by atoms with Crippen LogP contribution in [0.25, 0.3) is 0 Å². The average Bonchev–Trinajstić information content (AvgIpc) is 2.24. The number of nitrogens with zero attached hydrogens (tertiary/aromatic N) is 1. The highest BCUT2D eigenvalue weighted by atomic mass is 19.4. The van der Waals surface area contributed by atoms with Crippen LogP contribution in [0.3, 0.4) is 0 Å². The summed E-state index contributed by atoms with van der Waals surface area (Å²) < 4.78 is 39.5. The van der Waals surface area contributed by atoms with Gasteiger partial charge in [-0.05, 0) is 13.3 Å². The van der Waals surface area contributed by atoms with Crippen LogP contribution in [0.4, 0.5) is 13.2 Å². The Morgan fingerprint density at radius 2 is 2.06 bits per heavy atom. The van der Waals surface area contributed by atoms with E-state index in [9.17, 15) is 18.0 Å². The van der Waals surface area contributed by atoms with E-state index < -0.39 is 12.8 Å². The minimum atomic E-state index is -4.36. The molecule has 0 rings (SSSR count). The molecule has 17 heavy (non-hydrogen) atoms. The zero-order valence-corrected chi connectivity index (χ0v) is 9.79. The first-order valence-electron chi connectivity index (χ1n) is 5.43. The van der Waals surface area contributed by atoms with Crippen LogP contribution in [0.15, 0.2) is 0 Å². The molecule has 0 aromatic rings. The van der Waals surface area contributed by atoms with Crippen LogP contribution in [-0.2, 0) is 9.53 Å². The van der Waals surface area contributed by atoms with Crippen molar-refractivity contribution >= 4 is 5.91 Å². The molecule has 1 amide bonds. The average molecular weight is 257 g/mol. The van der Waals surface area contributed by atoms with E-state index in [2.05, 4.69) is 4.74 Å². The van der Waals surface area contributed by atoms with Gasteiger partial charge in [0, 0.05) is 19.7 Å². The second-order valence-electron chi connectivity index (χ2n) is 3.47. The van der Waals surface area contributed by atoms with Crippen molar-refractivity contribution in [3.63, 3.8) is 0 Å². The van der Waals surface area contributed by atoms with Crippen LogP contribution < -0.4 is 0 Å². The molecule has 0 aromatic carbocycles. The molecule has 0 unspecified atom stereocenters. The van der Waals surface area contributed by atoms with Crippen molar-refractivity contribution in [3.05, 3.63) is 0 Å². The highest BCUT2D eigenvalue weighted by Gasteiger charge is 2.27. The van der Waals surface area contributed by atoms with Crippen molar-refractivity contribution < 1.29 is 27.8 Å². The molecule has 0 saturated heterocycles. The van der Waals surface area contributed by atoms with E-state index in [1.165, 1.54) is 4.90 Å². The second kappa shape index (κ2) is 8.30. The predicted molar refractivity (Wildman–Crippen MR) is 55.4 cm³/mol. The smallest absolute Gasteiger partial charge is 0.396 e. The van der Waals surface area contributed by atoms with Gasteiger partial charge in [0.15, 0.2) is 0 Å². The summed E-state index contributed by atoms with van der Waals surface area (Å²) in [7, 11) is 0. The summed E-state index contributed by atoms with van der Waals surface area (Å²) >= 11 is 0. The Hall–Kier alpha value is -0.820. The maximum absolute atomic E-state index is 11.7. The fourth-order valence-corrected chi connectivity index (χ4v) is 1.23. The zero-order chi connectivity index (χ0) is 13.3. The molecular formula is C10H18F3NO3. The molecular weight excluding hydrogens is 239 g/mol. The van der Waals surface area contributed by atoms with E-state index in [0.717, 1.165) is 0 Å². The molecule has 0 saturated carbocycles. The minimum absolute atomic E-state index is 0.0195. The van der Waals surface area contributed by atoms with Gasteiger partial charge < -0.3 is 14.7 Å². The van der Waals surface area contributed by atoms with Gasteiger partial charge in [-0.1, -0.05) is 0 Å². The van der Waals surface area contributed by atoms with Crippen LogP contribution >= 0.6 is 0 Å². The maximum Gasteiger partial charge on any atom is 0.411 e. The fourth-order valence-electron chi connectivity index (χ4n) is 1.23. The maximum atomic E-state index is 11.7. The summed E-state index contributed by atoms with van der Waals surface area (Å²) in [6, 6.07) is 0. The summed E-state index contributed by atoms with van der Waals surface area (Å²) in [6.45, 7) is 1.06. The van der Waals surface area contributed by atoms with Gasteiger partial charge in [0.05, 0.1) is 13.0 Å². The van der Waals surface area contributed by atoms with Crippen LogP contribution in [0, 0.1) is 0 Å². The van der Waals surface area contributed by atoms with Gasteiger partial charge in [-0.3, -0.25) is 4.79 Å². The Labute approximate surface area is 98.3 Å². The molecule has 1 N–H and O–H groups in total. The number of halogens is 3. The van der Waals surface area contributed by atoms with E-state index in [0.29, 0.717) is 19.5 Å². The van der Waals surface area contributed by atoms with Gasteiger partial charge in [-0.2, -0.15) is 13.2 Å². The molecule has 0 heterocycles. The Morgan fingerprint density at radius 1 is 1.41 bits per heavy atom. The number of hydrogen-bond acceptors (Lipinski definition) is 3. The van der Waals surface area contributed by atoms with Crippen molar-refractivity contribution in [3.8, 4) is 0 Å². The van der Waals surface area contributed by atoms with E-state index in [4.69, 9.17) is 5.11 Å². The molecule has 102 valence electrons. The first-order valence-corrected chi connectivity index (χ1v) is 5.43. The van der Waals surface area contributed by atoms with Gasteiger partial charge in [0.25, 0.3) is 0 Å². The molecule has 0 aliphatic carbocycles. The van der Waals surface area contributed by atoms with Crippen molar-refractivity contribution in [1.82, 2.24) is 4.90 Å². The van der Waals surface area contributed by atoms with Crippen molar-refractivity contribution in [1.29, 1.82) is 0 Å². The third-order valence-electron chi connectivity index (χ3n) is 2.05. The standard InChI is InChI=1S/C10H18F3NO3/c1-2-14(5-3-6-15)9(16)4-7-17-8-10(11,12)13/h15H,2-8H2,1H3. The number of alkyl halides is 3. The summed E-state index contributed by atoms with van der Waals surface area (Å²) in [5.74, 6) is -0.261. The lowest BCUT2D eigenvalue weighted by molar-refractivity contribution is -0.175. The van der Waals surface area contributed by atoms with Crippen molar-refractivity contribution in [2.24, 2.45) is 0 Å². The third kappa shape index (κ3) is 8.93. The van der Waals surface area contributed by atoms with Crippen LogP contribution in [0.1, 0.15) is 19.8 Å². The van der Waals surface area contributed by atoms with Crippen molar-refractivity contribution in [2.75, 3.05) is 32.9 Å². The number of carbonyl (C=O) groups excluding carboxylic acids is 1. The molecule has 7 heteroatoms. The highest BCUT2D eigenvalue weighted by Crippen LogP contribution is 2.14. The number of amides is 1. The SMILES string of the molecule is CCN(CCCO)C(=O)CCOCC(F)(F)F. The lowest BCUT2D eigenvalue weighted by Gasteiger charge is -2.20. The first-order chi connectivity index (χ1) is 7.90. The first kappa shape index (κ1) is 16.2. The lowest BCUT2D eigenvalue weighted by Crippen LogP contribution is -2.33. The molecule has 0 aromatic heterocycles. The lowest BCUT2D eigenvalue weighted by atomic mass is 10.3. The number of aliphatic hydroxyl groups is 1. The molecule has 0 aliphatic rings. The van der Waals surface area contributed by atoms with Crippen LogP contribution in [0.5, 0.6) is 0 Å². The number of hydrogen-bond donors (Lipinski definition) is 1. The van der Waals surface area contributed by atoms with Crippen LogP contribution in [-0.4, -0.2) is 55.0 Å². The van der Waals surface area contributed by atoms with E-state index in [1.807, 2.05) is 0 Å². The largest absolute Gasteiger partial charge is 0.411 e. The molecule has 4 nitrogen and oxygen atoms in total. The molecule has 0 bridgehead atoms. The Balaban J connectivity index is 3.75. The summed E-state index contributed by atoms with van der Waals surface area (Å²) in [5, 5.41) is 8.61. The number of rotatable bonds is 8. The van der Waals surface area contributed by atoms with Crippen LogP contribution in [0.2, 0.25) is 0 Å². The van der Waals surface area contributed by atoms with E-state index in [-0.39, 0.29) is 25.5 Å². The summed E-state index contributed by atoms with van der Waals surface area (Å²) in [4.78, 5) is 13.0. The fraction of sp³-hybridized carbons (Fsp3) is 0.900. The normalized spacial score (nSPS) is 11.6. The number of carbonyl (C=O) groups is 1. The van der Waals surface area contributed by atoms with E-state index >= 15 is 0 Å². The molecule has 0 radical (unpaired) electrons. The molecule has 0 fully saturated rings. The molecule has 0 spiro atoms. The quantitative estimate of drug-likeness (QED) is 0.664. The number of ether oxygens (including phenoxy) is 1. The van der Waals surface area contributed by atoms with Gasteiger partial charge in [-0.25, -0.2) is 0 Å². The minimum Gasteiger partial charge on any atom is -0.396 e. The Bertz CT molecular complexity index is 221. The Kier molecular flexibility index (Phi) is 7.90. The predicted octanol–water partition coefficient (Wildman–Crippen LogP) is 1.19. The van der Waals surface area contributed by atoms with Gasteiger partial charge >= 0.3 is 6.18 Å². The van der Waals surface area contributed by atoms with Gasteiger partial charge in [0.1, 0.15) is 6.61 Å². The highest BCUT2D eigenvalue weighted by molar-refractivity contribution is 5.76. The van der Waals surface area contributed by atoms with Crippen molar-refractivity contribution in [2.45, 2.75) is 25.9 Å².